The molecule has 1 aliphatic heterocycles. The topological polar surface area (TPSA) is 50.5 Å². The van der Waals surface area contributed by atoms with Gasteiger partial charge in [-0.2, -0.15) is 0 Å². The van der Waals surface area contributed by atoms with Gasteiger partial charge in [-0.1, -0.05) is 41.0 Å². The van der Waals surface area contributed by atoms with Gasteiger partial charge in [0.1, 0.15) is 17.6 Å². The van der Waals surface area contributed by atoms with Crippen molar-refractivity contribution >= 4 is 58.0 Å². The van der Waals surface area contributed by atoms with E-state index >= 15 is 0 Å². The molecule has 0 bridgehead atoms. The smallest absolute Gasteiger partial charge is 0.174 e. The molecule has 2 aromatic heterocycles. The Labute approximate surface area is 217 Å². The molecule has 3 heterocycles. The summed E-state index contributed by atoms with van der Waals surface area (Å²) >= 11 is 19.7. The normalized spacial score (nSPS) is 17.6. The van der Waals surface area contributed by atoms with Gasteiger partial charge in [0.25, 0.3) is 0 Å². The first kappa shape index (κ1) is 23.1. The second-order valence-electron chi connectivity index (χ2n) is 7.53. The SMILES string of the molecule is COc1ccc(N2C(=S)N[C@H](c3ccccn3)[C@@H]2c2ccc(Sc3ccc(Cl)cc3)o2)cc1Cl. The number of ether oxygens (including phenoxy) is 1. The van der Waals surface area contributed by atoms with Crippen LogP contribution in [0.4, 0.5) is 5.69 Å². The van der Waals surface area contributed by atoms with E-state index in [9.17, 15) is 0 Å². The fourth-order valence-corrected chi connectivity index (χ4v) is 5.40. The third kappa shape index (κ3) is 4.61. The van der Waals surface area contributed by atoms with Gasteiger partial charge in [0.2, 0.25) is 0 Å². The number of anilines is 1. The molecule has 0 aliphatic carbocycles. The Hall–Kier alpha value is -2.71. The average molecular weight is 528 g/mol. The van der Waals surface area contributed by atoms with Gasteiger partial charge in [0.05, 0.1) is 23.9 Å². The van der Waals surface area contributed by atoms with Crippen LogP contribution in [0, 0.1) is 0 Å². The fourth-order valence-electron chi connectivity index (χ4n) is 3.89. The minimum absolute atomic E-state index is 0.214. The third-order valence-corrected chi connectivity index (χ3v) is 7.23. The molecule has 4 aromatic rings. The first-order chi connectivity index (χ1) is 16.5. The predicted octanol–water partition coefficient (Wildman–Crippen LogP) is 7.32. The van der Waals surface area contributed by atoms with Crippen LogP contribution in [0.5, 0.6) is 5.75 Å². The lowest BCUT2D eigenvalue weighted by Crippen LogP contribution is -2.29. The van der Waals surface area contributed by atoms with Crippen LogP contribution < -0.4 is 15.0 Å². The zero-order valence-electron chi connectivity index (χ0n) is 17.9. The number of benzene rings is 2. The Bertz CT molecular complexity index is 1320. The van der Waals surface area contributed by atoms with Crippen molar-refractivity contribution in [2.24, 2.45) is 0 Å². The van der Waals surface area contributed by atoms with E-state index < -0.39 is 0 Å². The number of halogens is 2. The molecule has 34 heavy (non-hydrogen) atoms. The number of methoxy groups -OCH3 is 1. The molecule has 0 unspecified atom stereocenters. The highest BCUT2D eigenvalue weighted by molar-refractivity contribution is 7.99. The van der Waals surface area contributed by atoms with Gasteiger partial charge in [0.15, 0.2) is 10.2 Å². The number of nitrogens with zero attached hydrogens (tertiary/aromatic N) is 2. The monoisotopic (exact) mass is 527 g/mol. The average Bonchev–Trinajstić information content (AvgIpc) is 3.45. The largest absolute Gasteiger partial charge is 0.495 e. The van der Waals surface area contributed by atoms with Gasteiger partial charge in [-0.25, -0.2) is 0 Å². The number of aromatic nitrogens is 1. The number of hydrogen-bond donors (Lipinski definition) is 1. The van der Waals surface area contributed by atoms with Gasteiger partial charge in [-0.3, -0.25) is 4.98 Å². The third-order valence-electron chi connectivity index (χ3n) is 5.44. The van der Waals surface area contributed by atoms with Gasteiger partial charge in [-0.15, -0.1) is 0 Å². The molecule has 0 spiro atoms. The number of furan rings is 1. The molecule has 0 radical (unpaired) electrons. The van der Waals surface area contributed by atoms with Crippen LogP contribution in [0.1, 0.15) is 23.5 Å². The maximum absolute atomic E-state index is 6.44. The standard InChI is InChI=1S/C25H19Cl2N3O2S2/c1-31-20-10-7-16(14-18(20)27)30-24(23(29-25(30)33)19-4-2-3-13-28-19)21-11-12-22(32-21)34-17-8-5-15(26)6-9-17/h2-14,23-24H,1H3,(H,29,33)/t23-,24+/m1/s1. The van der Waals surface area contributed by atoms with Crippen molar-refractivity contribution in [3.05, 3.63) is 100 Å². The van der Waals surface area contributed by atoms with E-state index in [2.05, 4.69) is 10.3 Å². The molecule has 5 rings (SSSR count). The number of thiocarbonyl (C=S) groups is 1. The van der Waals surface area contributed by atoms with E-state index in [1.807, 2.05) is 77.7 Å². The molecular formula is C25H19Cl2N3O2S2. The first-order valence-electron chi connectivity index (χ1n) is 10.4. The highest BCUT2D eigenvalue weighted by atomic mass is 35.5. The molecule has 0 saturated carbocycles. The van der Waals surface area contributed by atoms with Crippen molar-refractivity contribution < 1.29 is 9.15 Å². The van der Waals surface area contributed by atoms with Crippen LogP contribution in [0.25, 0.3) is 0 Å². The molecule has 9 heteroatoms. The molecule has 2 aromatic carbocycles. The summed E-state index contributed by atoms with van der Waals surface area (Å²) in [5, 5.41) is 5.94. The number of hydrogen-bond acceptors (Lipinski definition) is 5. The Morgan fingerprint density at radius 3 is 2.59 bits per heavy atom. The second-order valence-corrected chi connectivity index (χ2v) is 9.84. The van der Waals surface area contributed by atoms with Gasteiger partial charge in [-0.05, 0) is 78.9 Å². The lowest BCUT2D eigenvalue weighted by molar-refractivity contribution is 0.383. The molecule has 5 nitrogen and oxygen atoms in total. The van der Waals surface area contributed by atoms with E-state index in [1.54, 1.807) is 13.3 Å². The number of pyridine rings is 1. The molecular weight excluding hydrogens is 509 g/mol. The summed E-state index contributed by atoms with van der Waals surface area (Å²) in [6.07, 6.45) is 1.77. The predicted molar refractivity (Wildman–Crippen MR) is 140 cm³/mol. The minimum atomic E-state index is -0.272. The van der Waals surface area contributed by atoms with E-state index in [0.717, 1.165) is 27.1 Å². The zero-order chi connectivity index (χ0) is 23.7. The van der Waals surface area contributed by atoms with E-state index in [4.69, 9.17) is 44.6 Å². The highest BCUT2D eigenvalue weighted by Crippen LogP contribution is 2.44. The summed E-state index contributed by atoms with van der Waals surface area (Å²) in [5.74, 6) is 1.35. The molecule has 1 aliphatic rings. The Morgan fingerprint density at radius 2 is 1.88 bits per heavy atom. The molecule has 1 fully saturated rings. The van der Waals surface area contributed by atoms with Gasteiger partial charge < -0.3 is 19.4 Å². The summed E-state index contributed by atoms with van der Waals surface area (Å²) in [7, 11) is 1.59. The lowest BCUT2D eigenvalue weighted by Gasteiger charge is -2.26. The van der Waals surface area contributed by atoms with Crippen LogP contribution in [0.2, 0.25) is 10.0 Å². The molecule has 1 N–H and O–H groups in total. The van der Waals surface area contributed by atoms with Crippen LogP contribution >= 0.6 is 47.2 Å². The van der Waals surface area contributed by atoms with Crippen LogP contribution in [0.3, 0.4) is 0 Å². The zero-order valence-corrected chi connectivity index (χ0v) is 21.1. The van der Waals surface area contributed by atoms with Gasteiger partial charge in [0, 0.05) is 21.8 Å². The minimum Gasteiger partial charge on any atom is -0.495 e. The molecule has 2 atom stereocenters. The number of rotatable bonds is 6. The fraction of sp³-hybridized carbons (Fsp3) is 0.120. The Morgan fingerprint density at radius 1 is 1.06 bits per heavy atom. The maximum atomic E-state index is 6.44. The highest BCUT2D eigenvalue weighted by Gasteiger charge is 2.42. The molecule has 172 valence electrons. The van der Waals surface area contributed by atoms with E-state index in [1.165, 1.54) is 11.8 Å². The summed E-state index contributed by atoms with van der Waals surface area (Å²) in [4.78, 5) is 7.61. The summed E-state index contributed by atoms with van der Waals surface area (Å²) in [6.45, 7) is 0. The number of nitrogens with one attached hydrogen (secondary N) is 1. The Balaban J connectivity index is 1.53. The van der Waals surface area contributed by atoms with Gasteiger partial charge >= 0.3 is 0 Å². The molecule has 0 amide bonds. The summed E-state index contributed by atoms with van der Waals surface area (Å²) in [5.41, 5.74) is 1.69. The van der Waals surface area contributed by atoms with E-state index in [-0.39, 0.29) is 12.1 Å². The van der Waals surface area contributed by atoms with Crippen LogP contribution in [-0.2, 0) is 0 Å². The quantitative estimate of drug-likeness (QED) is 0.263. The lowest BCUT2D eigenvalue weighted by atomic mass is 10.0. The van der Waals surface area contributed by atoms with Crippen molar-refractivity contribution in [1.29, 1.82) is 0 Å². The van der Waals surface area contributed by atoms with Crippen LogP contribution in [0.15, 0.2) is 93.4 Å². The molecule has 1 saturated heterocycles. The van der Waals surface area contributed by atoms with Crippen molar-refractivity contribution in [3.8, 4) is 5.75 Å². The second kappa shape index (κ2) is 9.88. The summed E-state index contributed by atoms with van der Waals surface area (Å²) in [6, 6.07) is 22.5. The first-order valence-corrected chi connectivity index (χ1v) is 12.4. The summed E-state index contributed by atoms with van der Waals surface area (Å²) < 4.78 is 11.7. The maximum Gasteiger partial charge on any atom is 0.174 e. The van der Waals surface area contributed by atoms with Crippen LogP contribution in [-0.4, -0.2) is 17.2 Å². The van der Waals surface area contributed by atoms with Crippen molar-refractivity contribution in [2.75, 3.05) is 12.0 Å². The Kier molecular flexibility index (Phi) is 6.70. The van der Waals surface area contributed by atoms with Crippen molar-refractivity contribution in [1.82, 2.24) is 10.3 Å². The van der Waals surface area contributed by atoms with E-state index in [0.29, 0.717) is 20.9 Å². The van der Waals surface area contributed by atoms with Crippen molar-refractivity contribution in [3.63, 3.8) is 0 Å². The van der Waals surface area contributed by atoms with Crippen molar-refractivity contribution in [2.45, 2.75) is 22.1 Å².